The second kappa shape index (κ2) is 3.54. The van der Waals surface area contributed by atoms with E-state index in [0.717, 1.165) is 0 Å². The van der Waals surface area contributed by atoms with Crippen molar-refractivity contribution in [3.05, 3.63) is 23.1 Å². The fourth-order valence-corrected chi connectivity index (χ4v) is 1.85. The number of likely N-dealkylation sites (tertiary alicyclic amines) is 1. The summed E-state index contributed by atoms with van der Waals surface area (Å²) in [6, 6.07) is 1.58. The summed E-state index contributed by atoms with van der Waals surface area (Å²) in [7, 11) is 1.65. The Hall–Kier alpha value is -1.00. The van der Waals surface area contributed by atoms with E-state index in [1.54, 1.807) is 18.1 Å². The lowest BCUT2D eigenvalue weighted by Gasteiger charge is -2.46. The first-order valence-electron chi connectivity index (χ1n) is 4.63. The van der Waals surface area contributed by atoms with Gasteiger partial charge in [0.15, 0.2) is 0 Å². The first kappa shape index (κ1) is 10.5. The van der Waals surface area contributed by atoms with Crippen LogP contribution in [-0.2, 0) is 4.74 Å². The molecule has 4 nitrogen and oxygen atoms in total. The summed E-state index contributed by atoms with van der Waals surface area (Å²) in [5, 5.41) is 0.144. The van der Waals surface area contributed by atoms with Gasteiger partial charge in [-0.25, -0.2) is 0 Å². The number of ether oxygens (including phenoxy) is 1. The zero-order valence-electron chi connectivity index (χ0n) is 8.62. The number of hydrogen-bond acceptors (Lipinski definition) is 3. The molecular formula is C10H12ClNO3. The molecule has 0 bridgehead atoms. The van der Waals surface area contributed by atoms with Gasteiger partial charge in [-0.3, -0.25) is 4.79 Å². The number of nitrogens with zero attached hydrogens (tertiary/aromatic N) is 1. The van der Waals surface area contributed by atoms with E-state index >= 15 is 0 Å². The van der Waals surface area contributed by atoms with Crippen molar-refractivity contribution in [1.82, 2.24) is 4.90 Å². The average molecular weight is 230 g/mol. The maximum Gasteiger partial charge on any atom is 0.258 e. The minimum Gasteiger partial charge on any atom is -0.452 e. The molecule has 1 amide bonds. The van der Waals surface area contributed by atoms with E-state index in [4.69, 9.17) is 20.8 Å². The molecule has 0 unspecified atom stereocenters. The van der Waals surface area contributed by atoms with Gasteiger partial charge >= 0.3 is 0 Å². The highest BCUT2D eigenvalue weighted by molar-refractivity contribution is 6.32. The molecule has 1 saturated heterocycles. The smallest absolute Gasteiger partial charge is 0.258 e. The van der Waals surface area contributed by atoms with Crippen LogP contribution in [0.4, 0.5) is 0 Å². The molecule has 2 rings (SSSR count). The lowest BCUT2D eigenvalue weighted by molar-refractivity contribution is -0.0947. The number of amides is 1. The third kappa shape index (κ3) is 1.75. The monoisotopic (exact) mass is 229 g/mol. The molecule has 0 aromatic carbocycles. The van der Waals surface area contributed by atoms with Crippen LogP contribution < -0.4 is 0 Å². The number of methoxy groups -OCH3 is 1. The van der Waals surface area contributed by atoms with Crippen molar-refractivity contribution in [2.24, 2.45) is 0 Å². The lowest BCUT2D eigenvalue weighted by Crippen LogP contribution is -2.62. The largest absolute Gasteiger partial charge is 0.452 e. The molecule has 2 heterocycles. The summed E-state index contributed by atoms with van der Waals surface area (Å²) >= 11 is 5.72. The van der Waals surface area contributed by atoms with E-state index in [2.05, 4.69) is 0 Å². The topological polar surface area (TPSA) is 42.7 Å². The van der Waals surface area contributed by atoms with Gasteiger partial charge in [0, 0.05) is 7.11 Å². The molecule has 1 aliphatic rings. The predicted octanol–water partition coefficient (Wildman–Crippen LogP) is 1.79. The third-order valence-electron chi connectivity index (χ3n) is 2.68. The first-order valence-corrected chi connectivity index (χ1v) is 5.01. The molecule has 0 saturated carbocycles. The molecule has 0 N–H and O–H groups in total. The Morgan fingerprint density at radius 1 is 1.67 bits per heavy atom. The quantitative estimate of drug-likeness (QED) is 0.777. The zero-order valence-corrected chi connectivity index (χ0v) is 9.37. The molecule has 82 valence electrons. The maximum atomic E-state index is 11.8. The van der Waals surface area contributed by atoms with E-state index in [1.165, 1.54) is 6.26 Å². The molecule has 5 heteroatoms. The van der Waals surface area contributed by atoms with Crippen LogP contribution in [0.15, 0.2) is 16.7 Å². The zero-order chi connectivity index (χ0) is 11.1. The molecule has 1 aliphatic heterocycles. The van der Waals surface area contributed by atoms with Gasteiger partial charge in [-0.2, -0.15) is 0 Å². The van der Waals surface area contributed by atoms with E-state index in [9.17, 15) is 4.79 Å². The van der Waals surface area contributed by atoms with Crippen molar-refractivity contribution < 1.29 is 13.9 Å². The molecule has 1 aromatic heterocycles. The highest BCUT2D eigenvalue weighted by Gasteiger charge is 2.42. The van der Waals surface area contributed by atoms with Crippen LogP contribution in [0.5, 0.6) is 0 Å². The van der Waals surface area contributed by atoms with Crippen LogP contribution in [0.2, 0.25) is 5.22 Å². The van der Waals surface area contributed by atoms with Crippen molar-refractivity contribution in [1.29, 1.82) is 0 Å². The first-order chi connectivity index (χ1) is 7.06. The third-order valence-corrected chi connectivity index (χ3v) is 2.97. The molecule has 0 radical (unpaired) electrons. The summed E-state index contributed by atoms with van der Waals surface area (Å²) in [6.45, 7) is 3.14. The van der Waals surface area contributed by atoms with Gasteiger partial charge in [0.2, 0.25) is 5.22 Å². The minimum atomic E-state index is -0.216. The molecule has 1 aromatic rings. The summed E-state index contributed by atoms with van der Waals surface area (Å²) < 4.78 is 10.1. The van der Waals surface area contributed by atoms with Crippen LogP contribution in [0.1, 0.15) is 17.3 Å². The van der Waals surface area contributed by atoms with Gasteiger partial charge in [0.05, 0.1) is 24.9 Å². The Morgan fingerprint density at radius 2 is 2.33 bits per heavy atom. The normalized spacial score (nSPS) is 18.7. The molecule has 0 spiro atoms. The van der Waals surface area contributed by atoms with E-state index in [1.807, 2.05) is 6.92 Å². The number of carbonyl (C=O) groups is 1. The molecule has 0 atom stereocenters. The van der Waals surface area contributed by atoms with Crippen LogP contribution in [0.3, 0.4) is 0 Å². The summed E-state index contributed by atoms with van der Waals surface area (Å²) in [5.41, 5.74) is 0.195. The summed E-state index contributed by atoms with van der Waals surface area (Å²) in [5.74, 6) is -0.108. The number of halogens is 1. The Morgan fingerprint density at radius 3 is 2.80 bits per heavy atom. The Kier molecular flexibility index (Phi) is 2.48. The van der Waals surface area contributed by atoms with Crippen LogP contribution >= 0.6 is 11.6 Å². The van der Waals surface area contributed by atoms with Crippen molar-refractivity contribution in [3.8, 4) is 0 Å². The Balaban J connectivity index is 2.04. The number of rotatable bonds is 2. The highest BCUT2D eigenvalue weighted by atomic mass is 35.5. The predicted molar refractivity (Wildman–Crippen MR) is 55.0 cm³/mol. The van der Waals surface area contributed by atoms with E-state index < -0.39 is 0 Å². The molecule has 0 aliphatic carbocycles. The van der Waals surface area contributed by atoms with Crippen molar-refractivity contribution in [2.75, 3.05) is 20.2 Å². The van der Waals surface area contributed by atoms with Gasteiger partial charge in [0.25, 0.3) is 5.91 Å². The average Bonchev–Trinajstić information content (AvgIpc) is 2.58. The number of hydrogen-bond donors (Lipinski definition) is 0. The number of carbonyl (C=O) groups excluding carboxylic acids is 1. The molecular weight excluding hydrogens is 218 g/mol. The van der Waals surface area contributed by atoms with Gasteiger partial charge < -0.3 is 14.1 Å². The summed E-state index contributed by atoms with van der Waals surface area (Å²) in [4.78, 5) is 13.5. The van der Waals surface area contributed by atoms with Crippen LogP contribution in [-0.4, -0.2) is 36.6 Å². The second-order valence-electron chi connectivity index (χ2n) is 3.92. The van der Waals surface area contributed by atoms with Gasteiger partial charge in [-0.15, -0.1) is 0 Å². The highest BCUT2D eigenvalue weighted by Crippen LogP contribution is 2.27. The Labute approximate surface area is 92.7 Å². The lowest BCUT2D eigenvalue weighted by atomic mass is 9.96. The Bertz CT molecular complexity index is 382. The molecule has 1 fully saturated rings. The van der Waals surface area contributed by atoms with Gasteiger partial charge in [0.1, 0.15) is 5.60 Å². The number of furan rings is 1. The van der Waals surface area contributed by atoms with Crippen LogP contribution in [0.25, 0.3) is 0 Å². The summed E-state index contributed by atoms with van der Waals surface area (Å²) in [6.07, 6.45) is 1.41. The fourth-order valence-electron chi connectivity index (χ4n) is 1.65. The van der Waals surface area contributed by atoms with Crippen molar-refractivity contribution in [3.63, 3.8) is 0 Å². The van der Waals surface area contributed by atoms with E-state index in [-0.39, 0.29) is 16.7 Å². The standard InChI is InChI=1S/C10H12ClNO3/c1-10(14-2)5-12(6-10)9(13)7-3-4-15-8(7)11/h3-4H,5-6H2,1-2H3. The fraction of sp³-hybridized carbons (Fsp3) is 0.500. The van der Waals surface area contributed by atoms with Crippen molar-refractivity contribution >= 4 is 17.5 Å². The second-order valence-corrected chi connectivity index (χ2v) is 4.27. The SMILES string of the molecule is COC1(C)CN(C(=O)c2ccoc2Cl)C1. The minimum absolute atomic E-state index is 0.108. The van der Waals surface area contributed by atoms with Crippen molar-refractivity contribution in [2.45, 2.75) is 12.5 Å². The molecule has 15 heavy (non-hydrogen) atoms. The van der Waals surface area contributed by atoms with Gasteiger partial charge in [-0.1, -0.05) is 0 Å². The van der Waals surface area contributed by atoms with E-state index in [0.29, 0.717) is 18.7 Å². The maximum absolute atomic E-state index is 11.8. The van der Waals surface area contributed by atoms with Gasteiger partial charge in [-0.05, 0) is 24.6 Å². The van der Waals surface area contributed by atoms with Crippen LogP contribution in [0, 0.1) is 0 Å².